The highest BCUT2D eigenvalue weighted by molar-refractivity contribution is 6.30. The van der Waals surface area contributed by atoms with Gasteiger partial charge in [-0.3, -0.25) is 0 Å². The molecule has 1 atom stereocenters. The third-order valence-corrected chi connectivity index (χ3v) is 3.38. The monoisotopic (exact) mass is 263 g/mol. The van der Waals surface area contributed by atoms with E-state index in [2.05, 4.69) is 15.5 Å². The number of benzene rings is 1. The Labute approximate surface area is 110 Å². The van der Waals surface area contributed by atoms with Gasteiger partial charge in [0.25, 0.3) is 0 Å². The fourth-order valence-electron chi connectivity index (χ4n) is 2.20. The SMILES string of the molecule is Clc1cccc(Cc2noc(C3CCNC3)n2)c1. The predicted molar refractivity (Wildman–Crippen MR) is 68.8 cm³/mol. The summed E-state index contributed by atoms with van der Waals surface area (Å²) in [7, 11) is 0. The molecule has 1 fully saturated rings. The van der Waals surface area contributed by atoms with Crippen LogP contribution in [0.2, 0.25) is 5.02 Å². The molecule has 1 aromatic heterocycles. The van der Waals surface area contributed by atoms with Crippen LogP contribution in [0.25, 0.3) is 0 Å². The van der Waals surface area contributed by atoms with Gasteiger partial charge in [0.05, 0.1) is 5.92 Å². The van der Waals surface area contributed by atoms with Crippen LogP contribution >= 0.6 is 11.6 Å². The Morgan fingerprint density at radius 3 is 3.17 bits per heavy atom. The summed E-state index contributed by atoms with van der Waals surface area (Å²) in [6, 6.07) is 7.73. The molecule has 0 bridgehead atoms. The maximum atomic E-state index is 5.95. The summed E-state index contributed by atoms with van der Waals surface area (Å²) in [5.41, 5.74) is 1.10. The minimum absolute atomic E-state index is 0.366. The lowest BCUT2D eigenvalue weighted by Crippen LogP contribution is -2.08. The minimum Gasteiger partial charge on any atom is -0.339 e. The van der Waals surface area contributed by atoms with Crippen molar-refractivity contribution in [1.29, 1.82) is 0 Å². The largest absolute Gasteiger partial charge is 0.339 e. The zero-order valence-corrected chi connectivity index (χ0v) is 10.7. The molecule has 3 rings (SSSR count). The summed E-state index contributed by atoms with van der Waals surface area (Å²) >= 11 is 5.95. The van der Waals surface area contributed by atoms with Crippen LogP contribution in [0.15, 0.2) is 28.8 Å². The molecule has 0 spiro atoms. The molecule has 1 aliphatic heterocycles. The number of nitrogens with one attached hydrogen (secondary N) is 1. The summed E-state index contributed by atoms with van der Waals surface area (Å²) in [5.74, 6) is 1.84. The highest BCUT2D eigenvalue weighted by Gasteiger charge is 2.22. The van der Waals surface area contributed by atoms with E-state index in [4.69, 9.17) is 16.1 Å². The average Bonchev–Trinajstić information content (AvgIpc) is 2.98. The number of nitrogens with zero attached hydrogens (tertiary/aromatic N) is 2. The first-order valence-corrected chi connectivity index (χ1v) is 6.47. The smallest absolute Gasteiger partial charge is 0.231 e. The molecule has 2 heterocycles. The lowest BCUT2D eigenvalue weighted by Gasteiger charge is -1.99. The van der Waals surface area contributed by atoms with Crippen LogP contribution in [-0.2, 0) is 6.42 Å². The Morgan fingerprint density at radius 2 is 2.39 bits per heavy atom. The van der Waals surface area contributed by atoms with E-state index in [1.807, 2.05) is 24.3 Å². The van der Waals surface area contributed by atoms with Gasteiger partial charge in [-0.15, -0.1) is 0 Å². The van der Waals surface area contributed by atoms with Crippen molar-refractivity contribution in [3.8, 4) is 0 Å². The first-order chi connectivity index (χ1) is 8.81. The van der Waals surface area contributed by atoms with Gasteiger partial charge in [-0.05, 0) is 30.7 Å². The Bertz CT molecular complexity index is 535. The van der Waals surface area contributed by atoms with Crippen molar-refractivity contribution in [3.63, 3.8) is 0 Å². The van der Waals surface area contributed by atoms with Crippen LogP contribution in [0.5, 0.6) is 0 Å². The number of hydrogen-bond acceptors (Lipinski definition) is 4. The zero-order chi connectivity index (χ0) is 12.4. The van der Waals surface area contributed by atoms with Crippen LogP contribution in [0.1, 0.15) is 29.6 Å². The normalized spacial score (nSPS) is 19.3. The summed E-state index contributed by atoms with van der Waals surface area (Å²) in [6.45, 7) is 1.95. The summed E-state index contributed by atoms with van der Waals surface area (Å²) in [4.78, 5) is 4.46. The molecule has 18 heavy (non-hydrogen) atoms. The molecule has 5 heteroatoms. The van der Waals surface area contributed by atoms with E-state index in [1.165, 1.54) is 0 Å². The van der Waals surface area contributed by atoms with Gasteiger partial charge in [0, 0.05) is 18.0 Å². The van der Waals surface area contributed by atoms with Crippen molar-refractivity contribution < 1.29 is 4.52 Å². The molecule has 0 amide bonds. The van der Waals surface area contributed by atoms with E-state index in [0.717, 1.165) is 41.8 Å². The van der Waals surface area contributed by atoms with Gasteiger partial charge >= 0.3 is 0 Å². The first-order valence-electron chi connectivity index (χ1n) is 6.09. The molecule has 2 aromatic rings. The minimum atomic E-state index is 0.366. The number of hydrogen-bond donors (Lipinski definition) is 1. The lowest BCUT2D eigenvalue weighted by atomic mass is 10.1. The summed E-state index contributed by atoms with van der Waals surface area (Å²) < 4.78 is 5.32. The standard InChI is InChI=1S/C13H14ClN3O/c14-11-3-1-2-9(6-11)7-12-16-13(18-17-12)10-4-5-15-8-10/h1-3,6,10,15H,4-5,7-8H2. The third-order valence-electron chi connectivity index (χ3n) is 3.14. The third kappa shape index (κ3) is 2.54. The van der Waals surface area contributed by atoms with Crippen LogP contribution in [0.4, 0.5) is 0 Å². The van der Waals surface area contributed by atoms with Crippen LogP contribution < -0.4 is 5.32 Å². The van der Waals surface area contributed by atoms with Crippen molar-refractivity contribution >= 4 is 11.6 Å². The Morgan fingerprint density at radius 1 is 1.44 bits per heavy atom. The highest BCUT2D eigenvalue weighted by Crippen LogP contribution is 2.21. The maximum Gasteiger partial charge on any atom is 0.231 e. The molecule has 1 aliphatic rings. The fourth-order valence-corrected chi connectivity index (χ4v) is 2.41. The van der Waals surface area contributed by atoms with E-state index in [9.17, 15) is 0 Å². The Kier molecular flexibility index (Phi) is 3.30. The molecule has 1 aromatic carbocycles. The summed E-state index contributed by atoms with van der Waals surface area (Å²) in [5, 5.41) is 8.05. The van der Waals surface area contributed by atoms with Gasteiger partial charge < -0.3 is 9.84 Å². The van der Waals surface area contributed by atoms with E-state index in [1.54, 1.807) is 0 Å². The number of rotatable bonds is 3. The number of aromatic nitrogens is 2. The molecule has 4 nitrogen and oxygen atoms in total. The van der Waals surface area contributed by atoms with Crippen LogP contribution in [-0.4, -0.2) is 23.2 Å². The van der Waals surface area contributed by atoms with Crippen molar-refractivity contribution in [2.45, 2.75) is 18.8 Å². The molecule has 1 N–H and O–H groups in total. The van der Waals surface area contributed by atoms with E-state index < -0.39 is 0 Å². The second kappa shape index (κ2) is 5.08. The number of halogens is 1. The quantitative estimate of drug-likeness (QED) is 0.924. The van der Waals surface area contributed by atoms with Gasteiger partial charge in [-0.2, -0.15) is 4.98 Å². The topological polar surface area (TPSA) is 51.0 Å². The van der Waals surface area contributed by atoms with Crippen molar-refractivity contribution in [3.05, 3.63) is 46.6 Å². The van der Waals surface area contributed by atoms with Crippen LogP contribution in [0, 0.1) is 0 Å². The van der Waals surface area contributed by atoms with Gasteiger partial charge in [0.1, 0.15) is 0 Å². The molecule has 1 unspecified atom stereocenters. The van der Waals surface area contributed by atoms with E-state index >= 15 is 0 Å². The molecular formula is C13H14ClN3O. The van der Waals surface area contributed by atoms with Gasteiger partial charge in [-0.25, -0.2) is 0 Å². The molecular weight excluding hydrogens is 250 g/mol. The van der Waals surface area contributed by atoms with Gasteiger partial charge in [0.15, 0.2) is 5.82 Å². The van der Waals surface area contributed by atoms with E-state index in [0.29, 0.717) is 12.3 Å². The van der Waals surface area contributed by atoms with Crippen molar-refractivity contribution in [1.82, 2.24) is 15.5 Å². The molecule has 0 radical (unpaired) electrons. The second-order valence-corrected chi connectivity index (χ2v) is 4.98. The fraction of sp³-hybridized carbons (Fsp3) is 0.385. The first kappa shape index (κ1) is 11.7. The Balaban J connectivity index is 1.73. The second-order valence-electron chi connectivity index (χ2n) is 4.55. The predicted octanol–water partition coefficient (Wildman–Crippen LogP) is 2.39. The molecule has 94 valence electrons. The Hall–Kier alpha value is -1.39. The van der Waals surface area contributed by atoms with Gasteiger partial charge in [-0.1, -0.05) is 28.9 Å². The molecule has 0 aliphatic carbocycles. The van der Waals surface area contributed by atoms with Crippen LogP contribution in [0.3, 0.4) is 0 Å². The lowest BCUT2D eigenvalue weighted by molar-refractivity contribution is 0.355. The summed E-state index contributed by atoms with van der Waals surface area (Å²) in [6.07, 6.45) is 1.73. The molecule has 0 saturated carbocycles. The van der Waals surface area contributed by atoms with E-state index in [-0.39, 0.29) is 0 Å². The maximum absolute atomic E-state index is 5.95. The van der Waals surface area contributed by atoms with Crippen molar-refractivity contribution in [2.24, 2.45) is 0 Å². The zero-order valence-electron chi connectivity index (χ0n) is 9.90. The highest BCUT2D eigenvalue weighted by atomic mass is 35.5. The van der Waals surface area contributed by atoms with Crippen molar-refractivity contribution in [2.75, 3.05) is 13.1 Å². The average molecular weight is 264 g/mol. The van der Waals surface area contributed by atoms with Gasteiger partial charge in [0.2, 0.25) is 5.89 Å². The molecule has 1 saturated heterocycles.